The summed E-state index contributed by atoms with van der Waals surface area (Å²) in [5.74, 6) is 0.190. The first-order valence-electron chi connectivity index (χ1n) is 8.28. The molecule has 1 amide bonds. The second-order valence-corrected chi connectivity index (χ2v) is 6.63. The van der Waals surface area contributed by atoms with Gasteiger partial charge in [-0.1, -0.05) is 6.92 Å². The number of ether oxygens (including phenoxy) is 2. The smallest absolute Gasteiger partial charge is 0.251 e. The maximum absolute atomic E-state index is 12.2. The molecule has 1 atom stereocenters. The summed E-state index contributed by atoms with van der Waals surface area (Å²) in [4.78, 5) is 16.6. The normalized spacial score (nSPS) is 24.5. The molecule has 2 aliphatic rings. The maximum Gasteiger partial charge on any atom is 0.251 e. The van der Waals surface area contributed by atoms with Crippen LogP contribution in [0.25, 0.3) is 0 Å². The molecular formula is C16H30N2O3. The lowest BCUT2D eigenvalue weighted by atomic mass is 10.1. The molecule has 21 heavy (non-hydrogen) atoms. The summed E-state index contributed by atoms with van der Waals surface area (Å²) < 4.78 is 11.4. The number of amides is 1. The average molecular weight is 298 g/mol. The van der Waals surface area contributed by atoms with E-state index in [9.17, 15) is 4.79 Å². The summed E-state index contributed by atoms with van der Waals surface area (Å²) in [6.45, 7) is 12.4. The molecule has 0 radical (unpaired) electrons. The molecule has 5 nitrogen and oxygen atoms in total. The van der Waals surface area contributed by atoms with E-state index in [1.54, 1.807) is 0 Å². The summed E-state index contributed by atoms with van der Waals surface area (Å²) in [5, 5.41) is 0. The highest BCUT2D eigenvalue weighted by atomic mass is 16.5. The summed E-state index contributed by atoms with van der Waals surface area (Å²) >= 11 is 0. The fourth-order valence-electron chi connectivity index (χ4n) is 2.72. The van der Waals surface area contributed by atoms with Gasteiger partial charge in [0, 0.05) is 39.3 Å². The second-order valence-electron chi connectivity index (χ2n) is 6.63. The highest BCUT2D eigenvalue weighted by Gasteiger charge is 2.30. The molecular weight excluding hydrogens is 268 g/mol. The number of rotatable bonds is 6. The van der Waals surface area contributed by atoms with E-state index in [2.05, 4.69) is 25.7 Å². The monoisotopic (exact) mass is 298 g/mol. The Morgan fingerprint density at radius 1 is 1.29 bits per heavy atom. The van der Waals surface area contributed by atoms with Crippen LogP contribution in [0.1, 0.15) is 40.0 Å². The molecule has 5 heteroatoms. The summed E-state index contributed by atoms with van der Waals surface area (Å²) in [6.07, 6.45) is 2.75. The van der Waals surface area contributed by atoms with Crippen LogP contribution in [-0.2, 0) is 14.3 Å². The van der Waals surface area contributed by atoms with Crippen LogP contribution in [-0.4, -0.2) is 73.3 Å². The number of carbonyl (C=O) groups is 1. The molecule has 2 aliphatic heterocycles. The van der Waals surface area contributed by atoms with E-state index in [0.29, 0.717) is 0 Å². The average Bonchev–Trinajstić information content (AvgIpc) is 3.01. The number of piperazine rings is 1. The van der Waals surface area contributed by atoms with Crippen LogP contribution in [0.4, 0.5) is 0 Å². The molecule has 0 aromatic carbocycles. The summed E-state index contributed by atoms with van der Waals surface area (Å²) in [6, 6.07) is 0. The minimum atomic E-state index is -0.176. The zero-order valence-corrected chi connectivity index (χ0v) is 13.8. The Bertz CT molecular complexity index is 332. The lowest BCUT2D eigenvalue weighted by molar-refractivity contribution is -0.142. The molecule has 2 saturated heterocycles. The van der Waals surface area contributed by atoms with Gasteiger partial charge >= 0.3 is 0 Å². The van der Waals surface area contributed by atoms with Gasteiger partial charge in [-0.05, 0) is 33.1 Å². The molecule has 0 N–H and O–H groups in total. The standard InChI is InChI=1S/C16H30N2O3/c1-4-16(2,3)21-13-11-17-7-9-18(10-8-17)15(19)14-6-5-12-20-14/h14H,4-13H2,1-3H3. The number of hydrogen-bond acceptors (Lipinski definition) is 4. The molecule has 0 spiro atoms. The van der Waals surface area contributed by atoms with Gasteiger partial charge in [0.25, 0.3) is 5.91 Å². The predicted octanol–water partition coefficient (Wildman–Crippen LogP) is 1.51. The van der Waals surface area contributed by atoms with Crippen molar-refractivity contribution in [3.8, 4) is 0 Å². The van der Waals surface area contributed by atoms with Crippen molar-refractivity contribution in [3.63, 3.8) is 0 Å². The van der Waals surface area contributed by atoms with Gasteiger partial charge in [0.05, 0.1) is 12.2 Å². The Morgan fingerprint density at radius 3 is 2.57 bits per heavy atom. The van der Waals surface area contributed by atoms with Crippen LogP contribution < -0.4 is 0 Å². The van der Waals surface area contributed by atoms with Crippen LogP contribution in [0.5, 0.6) is 0 Å². The van der Waals surface area contributed by atoms with Gasteiger partial charge in [-0.3, -0.25) is 9.69 Å². The largest absolute Gasteiger partial charge is 0.374 e. The molecule has 1 unspecified atom stereocenters. The van der Waals surface area contributed by atoms with Crippen molar-refractivity contribution in [3.05, 3.63) is 0 Å². The fourth-order valence-corrected chi connectivity index (χ4v) is 2.72. The van der Waals surface area contributed by atoms with E-state index in [-0.39, 0.29) is 17.6 Å². The molecule has 2 fully saturated rings. The van der Waals surface area contributed by atoms with E-state index in [1.807, 2.05) is 4.90 Å². The Labute approximate surface area is 128 Å². The van der Waals surface area contributed by atoms with E-state index >= 15 is 0 Å². The van der Waals surface area contributed by atoms with Gasteiger partial charge in [0.15, 0.2) is 0 Å². The molecule has 0 aromatic heterocycles. The van der Waals surface area contributed by atoms with Gasteiger partial charge in [0.1, 0.15) is 6.10 Å². The molecule has 2 heterocycles. The first kappa shape index (κ1) is 16.7. The minimum Gasteiger partial charge on any atom is -0.374 e. The topological polar surface area (TPSA) is 42.0 Å². The highest BCUT2D eigenvalue weighted by Crippen LogP contribution is 2.16. The molecule has 0 bridgehead atoms. The van der Waals surface area contributed by atoms with Gasteiger partial charge < -0.3 is 14.4 Å². The van der Waals surface area contributed by atoms with Crippen molar-refractivity contribution in [2.24, 2.45) is 0 Å². The van der Waals surface area contributed by atoms with Gasteiger partial charge in [-0.15, -0.1) is 0 Å². The van der Waals surface area contributed by atoms with Gasteiger partial charge in [-0.2, -0.15) is 0 Å². The third kappa shape index (κ3) is 4.94. The van der Waals surface area contributed by atoms with E-state index in [1.165, 1.54) is 0 Å². The first-order chi connectivity index (χ1) is 10.0. The van der Waals surface area contributed by atoms with Crippen molar-refractivity contribution in [1.82, 2.24) is 9.80 Å². The Kier molecular flexibility index (Phi) is 6.02. The first-order valence-corrected chi connectivity index (χ1v) is 8.28. The zero-order valence-electron chi connectivity index (χ0n) is 13.8. The third-order valence-corrected chi connectivity index (χ3v) is 4.64. The van der Waals surface area contributed by atoms with Crippen LogP contribution in [0, 0.1) is 0 Å². The van der Waals surface area contributed by atoms with Crippen molar-refractivity contribution in [2.45, 2.75) is 51.7 Å². The zero-order chi connectivity index (χ0) is 15.3. The molecule has 2 rings (SSSR count). The Morgan fingerprint density at radius 2 is 2.00 bits per heavy atom. The van der Waals surface area contributed by atoms with Crippen LogP contribution >= 0.6 is 0 Å². The van der Waals surface area contributed by atoms with Crippen LogP contribution in [0.2, 0.25) is 0 Å². The number of hydrogen-bond donors (Lipinski definition) is 0. The van der Waals surface area contributed by atoms with Crippen molar-refractivity contribution in [1.29, 1.82) is 0 Å². The minimum absolute atomic E-state index is 0.0302. The quantitative estimate of drug-likeness (QED) is 0.745. The number of carbonyl (C=O) groups excluding carboxylic acids is 1. The van der Waals surface area contributed by atoms with Gasteiger partial charge in [0.2, 0.25) is 0 Å². The summed E-state index contributed by atoms with van der Waals surface area (Å²) in [7, 11) is 0. The lowest BCUT2D eigenvalue weighted by Crippen LogP contribution is -2.52. The third-order valence-electron chi connectivity index (χ3n) is 4.64. The van der Waals surface area contributed by atoms with Crippen LogP contribution in [0.3, 0.4) is 0 Å². The Balaban J connectivity index is 1.65. The molecule has 0 aromatic rings. The van der Waals surface area contributed by atoms with Crippen molar-refractivity contribution >= 4 is 5.91 Å². The van der Waals surface area contributed by atoms with Crippen molar-refractivity contribution < 1.29 is 14.3 Å². The Hall–Kier alpha value is -0.650. The summed E-state index contributed by atoms with van der Waals surface area (Å²) in [5.41, 5.74) is -0.0302. The highest BCUT2D eigenvalue weighted by molar-refractivity contribution is 5.81. The van der Waals surface area contributed by atoms with E-state index < -0.39 is 0 Å². The SMILES string of the molecule is CCC(C)(C)OCCN1CCN(C(=O)C2CCCO2)CC1. The number of nitrogens with zero attached hydrogens (tertiary/aromatic N) is 2. The van der Waals surface area contributed by atoms with Crippen molar-refractivity contribution in [2.75, 3.05) is 45.9 Å². The second kappa shape index (κ2) is 7.56. The van der Waals surface area contributed by atoms with E-state index in [4.69, 9.17) is 9.47 Å². The lowest BCUT2D eigenvalue weighted by Gasteiger charge is -2.36. The molecule has 0 saturated carbocycles. The van der Waals surface area contributed by atoms with Gasteiger partial charge in [-0.25, -0.2) is 0 Å². The fraction of sp³-hybridized carbons (Fsp3) is 0.938. The maximum atomic E-state index is 12.2. The van der Waals surface area contributed by atoms with E-state index in [0.717, 1.165) is 65.2 Å². The molecule has 0 aliphatic carbocycles. The van der Waals surface area contributed by atoms with Crippen LogP contribution in [0.15, 0.2) is 0 Å². The predicted molar refractivity (Wildman–Crippen MR) is 82.3 cm³/mol. The molecule has 122 valence electrons.